The molecule has 0 aromatic carbocycles. The van der Waals surface area contributed by atoms with Gasteiger partial charge >= 0.3 is 0 Å². The van der Waals surface area contributed by atoms with Crippen LogP contribution in [0.5, 0.6) is 0 Å². The van der Waals surface area contributed by atoms with Gasteiger partial charge in [0.15, 0.2) is 5.78 Å². The third-order valence-electron chi connectivity index (χ3n) is 3.23. The van der Waals surface area contributed by atoms with Gasteiger partial charge in [0.2, 0.25) is 0 Å². The van der Waals surface area contributed by atoms with Gasteiger partial charge in [-0.25, -0.2) is 0 Å². The van der Waals surface area contributed by atoms with E-state index >= 15 is 0 Å². The molecule has 2 aliphatic carbocycles. The molecule has 0 N–H and O–H groups in total. The summed E-state index contributed by atoms with van der Waals surface area (Å²) < 4.78 is 5.31. The largest absolute Gasteiger partial charge is 0.370 e. The van der Waals surface area contributed by atoms with E-state index in [1.165, 1.54) is 12.8 Å². The van der Waals surface area contributed by atoms with Gasteiger partial charge < -0.3 is 4.74 Å². The predicted octanol–water partition coefficient (Wildman–Crippen LogP) is 1.92. The van der Waals surface area contributed by atoms with E-state index in [1.54, 1.807) is 7.11 Å². The molecule has 0 unspecified atom stereocenters. The molecule has 2 heteroatoms. The Morgan fingerprint density at radius 2 is 2.17 bits per heavy atom. The second kappa shape index (κ2) is 2.84. The highest BCUT2D eigenvalue weighted by molar-refractivity contribution is 5.88. The maximum absolute atomic E-state index is 11.7. The van der Waals surface area contributed by atoms with Crippen LogP contribution in [0, 0.1) is 5.92 Å². The van der Waals surface area contributed by atoms with Gasteiger partial charge in [-0.1, -0.05) is 0 Å². The number of methoxy groups -OCH3 is 1. The standard InChI is InChI=1S/C10H16O2/c1-12-10(5-2-6-10)9(11)7-8-3-4-8/h8H,2-7H2,1H3. The molecular formula is C10H16O2. The lowest BCUT2D eigenvalue weighted by Gasteiger charge is -2.38. The van der Waals surface area contributed by atoms with Crippen LogP contribution in [0.4, 0.5) is 0 Å². The van der Waals surface area contributed by atoms with Gasteiger partial charge in [-0.2, -0.15) is 0 Å². The summed E-state index contributed by atoms with van der Waals surface area (Å²) >= 11 is 0. The maximum Gasteiger partial charge on any atom is 0.164 e. The first kappa shape index (κ1) is 8.24. The number of carbonyl (C=O) groups is 1. The van der Waals surface area contributed by atoms with E-state index in [0.717, 1.165) is 25.7 Å². The molecule has 0 saturated heterocycles. The summed E-state index contributed by atoms with van der Waals surface area (Å²) in [5.41, 5.74) is -0.345. The fraction of sp³-hybridized carbons (Fsp3) is 0.900. The zero-order valence-electron chi connectivity index (χ0n) is 7.64. The number of hydrogen-bond acceptors (Lipinski definition) is 2. The van der Waals surface area contributed by atoms with Crippen LogP contribution in [-0.4, -0.2) is 18.5 Å². The number of ketones is 1. The lowest BCUT2D eigenvalue weighted by atomic mass is 9.75. The average molecular weight is 168 g/mol. The molecule has 0 aliphatic heterocycles. The molecule has 0 aromatic heterocycles. The molecule has 2 nitrogen and oxygen atoms in total. The molecule has 12 heavy (non-hydrogen) atoms. The summed E-state index contributed by atoms with van der Waals surface area (Å²) in [4.78, 5) is 11.7. The van der Waals surface area contributed by atoms with Gasteiger partial charge in [0, 0.05) is 13.5 Å². The van der Waals surface area contributed by atoms with Gasteiger partial charge in [-0.05, 0) is 38.0 Å². The van der Waals surface area contributed by atoms with E-state index in [4.69, 9.17) is 4.74 Å². The lowest BCUT2D eigenvalue weighted by Crippen LogP contribution is -2.47. The molecule has 0 radical (unpaired) electrons. The van der Waals surface area contributed by atoms with Crippen LogP contribution in [0.1, 0.15) is 38.5 Å². The summed E-state index contributed by atoms with van der Waals surface area (Å²) in [7, 11) is 1.67. The summed E-state index contributed by atoms with van der Waals surface area (Å²) in [6, 6.07) is 0. The molecule has 2 saturated carbocycles. The van der Waals surface area contributed by atoms with Crippen molar-refractivity contribution in [3.8, 4) is 0 Å². The van der Waals surface area contributed by atoms with Crippen molar-refractivity contribution < 1.29 is 9.53 Å². The first-order valence-electron chi connectivity index (χ1n) is 4.85. The van der Waals surface area contributed by atoms with Gasteiger partial charge in [0.25, 0.3) is 0 Å². The normalized spacial score (nSPS) is 26.4. The third kappa shape index (κ3) is 1.28. The van der Waals surface area contributed by atoms with E-state index in [0.29, 0.717) is 11.7 Å². The number of ether oxygens (including phenoxy) is 1. The molecular weight excluding hydrogens is 152 g/mol. The Kier molecular flexibility index (Phi) is 1.95. The Labute approximate surface area is 73.3 Å². The highest BCUT2D eigenvalue weighted by atomic mass is 16.5. The maximum atomic E-state index is 11.7. The first-order valence-corrected chi connectivity index (χ1v) is 4.85. The van der Waals surface area contributed by atoms with Crippen molar-refractivity contribution in [2.45, 2.75) is 44.1 Å². The monoisotopic (exact) mass is 168 g/mol. The summed E-state index contributed by atoms with van der Waals surface area (Å²) in [6.45, 7) is 0. The van der Waals surface area contributed by atoms with Crippen LogP contribution in [0.2, 0.25) is 0 Å². The van der Waals surface area contributed by atoms with Crippen LogP contribution in [-0.2, 0) is 9.53 Å². The zero-order valence-corrected chi connectivity index (χ0v) is 7.64. The first-order chi connectivity index (χ1) is 5.77. The fourth-order valence-electron chi connectivity index (χ4n) is 1.86. The second-order valence-corrected chi connectivity index (χ2v) is 4.12. The van der Waals surface area contributed by atoms with Crippen LogP contribution in [0.25, 0.3) is 0 Å². The molecule has 0 aromatic rings. The molecule has 0 amide bonds. The Hall–Kier alpha value is -0.370. The zero-order chi connectivity index (χ0) is 8.60. The minimum absolute atomic E-state index is 0.345. The Morgan fingerprint density at radius 1 is 1.50 bits per heavy atom. The molecule has 68 valence electrons. The Bertz CT molecular complexity index is 185. The van der Waals surface area contributed by atoms with Gasteiger partial charge in [0.05, 0.1) is 0 Å². The molecule has 0 bridgehead atoms. The smallest absolute Gasteiger partial charge is 0.164 e. The quantitative estimate of drug-likeness (QED) is 0.641. The fourth-order valence-corrected chi connectivity index (χ4v) is 1.86. The molecule has 0 spiro atoms. The van der Waals surface area contributed by atoms with Crippen LogP contribution in [0.3, 0.4) is 0 Å². The van der Waals surface area contributed by atoms with Crippen molar-refractivity contribution in [3.63, 3.8) is 0 Å². The van der Waals surface area contributed by atoms with E-state index in [1.807, 2.05) is 0 Å². The van der Waals surface area contributed by atoms with Crippen LogP contribution in [0.15, 0.2) is 0 Å². The van der Waals surface area contributed by atoms with Gasteiger partial charge in [-0.15, -0.1) is 0 Å². The van der Waals surface area contributed by atoms with Crippen molar-refractivity contribution in [2.75, 3.05) is 7.11 Å². The molecule has 0 atom stereocenters. The average Bonchev–Trinajstić information content (AvgIpc) is 2.70. The van der Waals surface area contributed by atoms with Crippen molar-refractivity contribution >= 4 is 5.78 Å². The number of rotatable bonds is 4. The van der Waals surface area contributed by atoms with Crippen molar-refractivity contribution in [2.24, 2.45) is 5.92 Å². The summed E-state index contributed by atoms with van der Waals surface area (Å²) in [6.07, 6.45) is 6.35. The number of hydrogen-bond donors (Lipinski definition) is 0. The van der Waals surface area contributed by atoms with E-state index in [9.17, 15) is 4.79 Å². The molecule has 2 aliphatic rings. The Balaban J connectivity index is 1.90. The SMILES string of the molecule is COC1(C(=O)CC2CC2)CCC1. The second-order valence-electron chi connectivity index (χ2n) is 4.12. The van der Waals surface area contributed by atoms with E-state index in [-0.39, 0.29) is 5.60 Å². The van der Waals surface area contributed by atoms with E-state index in [2.05, 4.69) is 0 Å². The number of Topliss-reactive ketones (excluding diaryl/α,β-unsaturated/α-hetero) is 1. The molecule has 2 rings (SSSR count). The summed E-state index contributed by atoms with van der Waals surface area (Å²) in [5, 5.41) is 0. The molecule has 2 fully saturated rings. The third-order valence-corrected chi connectivity index (χ3v) is 3.23. The highest BCUT2D eigenvalue weighted by Crippen LogP contribution is 2.41. The van der Waals surface area contributed by atoms with Crippen molar-refractivity contribution in [1.82, 2.24) is 0 Å². The minimum Gasteiger partial charge on any atom is -0.370 e. The van der Waals surface area contributed by atoms with Crippen molar-refractivity contribution in [3.05, 3.63) is 0 Å². The van der Waals surface area contributed by atoms with Crippen molar-refractivity contribution in [1.29, 1.82) is 0 Å². The van der Waals surface area contributed by atoms with Gasteiger partial charge in [-0.3, -0.25) is 4.79 Å². The molecule has 0 heterocycles. The minimum atomic E-state index is -0.345. The lowest BCUT2D eigenvalue weighted by molar-refractivity contribution is -0.152. The Morgan fingerprint density at radius 3 is 2.50 bits per heavy atom. The van der Waals surface area contributed by atoms with E-state index < -0.39 is 0 Å². The van der Waals surface area contributed by atoms with Crippen LogP contribution < -0.4 is 0 Å². The summed E-state index contributed by atoms with van der Waals surface area (Å²) in [5.74, 6) is 1.06. The van der Waals surface area contributed by atoms with Gasteiger partial charge in [0.1, 0.15) is 5.60 Å². The highest BCUT2D eigenvalue weighted by Gasteiger charge is 2.45. The topological polar surface area (TPSA) is 26.3 Å². The van der Waals surface area contributed by atoms with Crippen LogP contribution >= 0.6 is 0 Å². The predicted molar refractivity (Wildman–Crippen MR) is 45.9 cm³/mol. The number of carbonyl (C=O) groups excluding carboxylic acids is 1.